The third-order valence-electron chi connectivity index (χ3n) is 5.46. The predicted octanol–water partition coefficient (Wildman–Crippen LogP) is -4.95. The van der Waals surface area contributed by atoms with Gasteiger partial charge in [0.1, 0.15) is 28.9 Å². The van der Waals surface area contributed by atoms with Crippen LogP contribution in [0.1, 0.15) is 43.0 Å². The SMILES string of the molecule is O=C1C(=O)c2c(c(=O)c(=O)c(=O)c2=O)-c2nc3c(nc21)-c1c(c(=O)c(=O)c(=O)c1=O)C(O)C3=O. The Kier molecular flexibility index (Phi) is 3.81. The minimum Gasteiger partial charge on any atom is -0.380 e. The van der Waals surface area contributed by atoms with E-state index in [0.717, 1.165) is 0 Å². The molecule has 0 amide bonds. The average molecular weight is 462 g/mol. The molecule has 164 valence electrons. The number of aliphatic hydroxyl groups excluding tert-OH is 1. The fraction of sp³-hybridized carbons (Fsp3) is 0.0500. The van der Waals surface area contributed by atoms with E-state index in [-0.39, 0.29) is 0 Å². The summed E-state index contributed by atoms with van der Waals surface area (Å²) in [5.74, 6) is -4.77. The summed E-state index contributed by atoms with van der Waals surface area (Å²) in [6.07, 6.45) is -2.47. The van der Waals surface area contributed by atoms with Crippen LogP contribution in [0.15, 0.2) is 38.4 Å². The molecule has 1 unspecified atom stereocenters. The Morgan fingerprint density at radius 2 is 0.882 bits per heavy atom. The van der Waals surface area contributed by atoms with Crippen molar-refractivity contribution in [3.05, 3.63) is 104 Å². The number of carbonyl (C=O) groups is 3. The van der Waals surface area contributed by atoms with Crippen molar-refractivity contribution < 1.29 is 19.5 Å². The maximum absolute atomic E-state index is 12.7. The number of nitrogens with zero attached hydrogens (tertiary/aromatic N) is 2. The molecular formula is C20H2N2O12. The number of rotatable bonds is 0. The Morgan fingerprint density at radius 1 is 0.441 bits per heavy atom. The van der Waals surface area contributed by atoms with Crippen LogP contribution in [0.5, 0.6) is 0 Å². The zero-order chi connectivity index (χ0) is 25.0. The van der Waals surface area contributed by atoms with Crippen LogP contribution >= 0.6 is 0 Å². The second-order valence-electron chi connectivity index (χ2n) is 7.21. The van der Waals surface area contributed by atoms with Gasteiger partial charge in [0.15, 0.2) is 0 Å². The summed E-state index contributed by atoms with van der Waals surface area (Å²) in [6, 6.07) is 0. The number of aromatic nitrogens is 2. The second kappa shape index (κ2) is 6.23. The van der Waals surface area contributed by atoms with Gasteiger partial charge < -0.3 is 5.11 Å². The summed E-state index contributed by atoms with van der Waals surface area (Å²) in [5.41, 5.74) is -22.4. The third kappa shape index (κ3) is 2.18. The largest absolute Gasteiger partial charge is 0.380 e. The Labute approximate surface area is 180 Å². The molecule has 1 aromatic heterocycles. The van der Waals surface area contributed by atoms with Crippen LogP contribution in [0.4, 0.5) is 0 Å². The predicted molar refractivity (Wildman–Crippen MR) is 106 cm³/mol. The molecule has 34 heavy (non-hydrogen) atoms. The van der Waals surface area contributed by atoms with Gasteiger partial charge in [-0.2, -0.15) is 0 Å². The van der Waals surface area contributed by atoms with Crippen LogP contribution in [-0.4, -0.2) is 32.4 Å². The summed E-state index contributed by atoms with van der Waals surface area (Å²) in [6.45, 7) is 0. The first-order chi connectivity index (χ1) is 15.9. The normalized spacial score (nSPS) is 16.0. The number of fused-ring (bicyclic) bond motifs is 6. The van der Waals surface area contributed by atoms with Crippen molar-refractivity contribution >= 4 is 17.3 Å². The highest BCUT2D eigenvalue weighted by Gasteiger charge is 2.44. The molecule has 0 spiro atoms. The van der Waals surface area contributed by atoms with E-state index >= 15 is 0 Å². The van der Waals surface area contributed by atoms with Gasteiger partial charge in [0.2, 0.25) is 33.3 Å². The number of aliphatic hydroxyl groups is 1. The lowest BCUT2D eigenvalue weighted by atomic mass is 9.85. The van der Waals surface area contributed by atoms with Gasteiger partial charge in [-0.05, 0) is 0 Å². The lowest BCUT2D eigenvalue weighted by Gasteiger charge is -2.22. The number of hydrogen-bond acceptors (Lipinski definition) is 14. The van der Waals surface area contributed by atoms with Crippen molar-refractivity contribution in [1.82, 2.24) is 9.97 Å². The first kappa shape index (κ1) is 20.8. The number of benzene rings is 2. The highest BCUT2D eigenvalue weighted by Crippen LogP contribution is 2.35. The van der Waals surface area contributed by atoms with E-state index < -0.39 is 112 Å². The monoisotopic (exact) mass is 462 g/mol. The molecular weight excluding hydrogens is 460 g/mol. The van der Waals surface area contributed by atoms with Crippen LogP contribution in [0.25, 0.3) is 22.5 Å². The molecule has 0 saturated carbocycles. The van der Waals surface area contributed by atoms with Crippen LogP contribution in [0.2, 0.25) is 0 Å². The Morgan fingerprint density at radius 3 is 1.47 bits per heavy atom. The fourth-order valence-corrected chi connectivity index (χ4v) is 3.87. The standard InChI is InChI=1S/C20H2N2O12/c23-9-1-3(13(27)19(33)17(9)31)11(25)15(29)7-5(1)21-8-6(22-7)2-4(12(26)16(8)30)14(28)20(34)18(32)10(2)24/h11,25H. The summed E-state index contributed by atoms with van der Waals surface area (Å²) in [4.78, 5) is 141. The molecule has 0 fully saturated rings. The zero-order valence-electron chi connectivity index (χ0n) is 15.9. The highest BCUT2D eigenvalue weighted by molar-refractivity contribution is 6.52. The fourth-order valence-electron chi connectivity index (χ4n) is 3.87. The van der Waals surface area contributed by atoms with Crippen molar-refractivity contribution in [1.29, 1.82) is 0 Å². The van der Waals surface area contributed by atoms with E-state index in [1.807, 2.05) is 0 Å². The van der Waals surface area contributed by atoms with Gasteiger partial charge in [-0.1, -0.05) is 0 Å². The molecule has 2 aliphatic rings. The Bertz CT molecular complexity index is 2040. The van der Waals surface area contributed by atoms with Crippen molar-refractivity contribution in [3.8, 4) is 22.5 Å². The van der Waals surface area contributed by atoms with Crippen LogP contribution in [0, 0.1) is 0 Å². The molecule has 2 aromatic carbocycles. The van der Waals surface area contributed by atoms with Crippen LogP contribution in [0.3, 0.4) is 0 Å². The van der Waals surface area contributed by atoms with Crippen molar-refractivity contribution in [2.24, 2.45) is 0 Å². The first-order valence-corrected chi connectivity index (χ1v) is 8.98. The molecule has 1 atom stereocenters. The Balaban J connectivity index is 2.03. The maximum Gasteiger partial charge on any atom is 0.277 e. The Hall–Kier alpha value is -5.11. The van der Waals surface area contributed by atoms with E-state index in [9.17, 15) is 57.8 Å². The van der Waals surface area contributed by atoms with E-state index in [2.05, 4.69) is 9.97 Å². The highest BCUT2D eigenvalue weighted by atomic mass is 16.3. The summed E-state index contributed by atoms with van der Waals surface area (Å²) >= 11 is 0. The van der Waals surface area contributed by atoms with Gasteiger partial charge in [-0.15, -0.1) is 0 Å². The smallest absolute Gasteiger partial charge is 0.277 e. The van der Waals surface area contributed by atoms with E-state index in [0.29, 0.717) is 0 Å². The summed E-state index contributed by atoms with van der Waals surface area (Å²) < 4.78 is 0. The maximum atomic E-state index is 12.7. The van der Waals surface area contributed by atoms with E-state index in [4.69, 9.17) is 0 Å². The number of ketones is 3. The molecule has 0 aliphatic heterocycles. The molecule has 2 aliphatic carbocycles. The molecule has 1 N–H and O–H groups in total. The number of hydrogen-bond donors (Lipinski definition) is 1. The lowest BCUT2D eigenvalue weighted by molar-refractivity contribution is 0.0734. The first-order valence-electron chi connectivity index (χ1n) is 8.98. The third-order valence-corrected chi connectivity index (χ3v) is 5.46. The van der Waals surface area contributed by atoms with Crippen molar-refractivity contribution in [2.75, 3.05) is 0 Å². The molecule has 5 rings (SSSR count). The molecule has 3 aromatic rings. The topological polar surface area (TPSA) is 234 Å². The lowest BCUT2D eigenvalue weighted by Crippen LogP contribution is -2.52. The van der Waals surface area contributed by atoms with Gasteiger partial charge >= 0.3 is 0 Å². The summed E-state index contributed by atoms with van der Waals surface area (Å²) in [5, 5.41) is 10.2. The molecule has 0 bridgehead atoms. The second-order valence-corrected chi connectivity index (χ2v) is 7.21. The van der Waals surface area contributed by atoms with Crippen LogP contribution in [-0.2, 0) is 0 Å². The van der Waals surface area contributed by atoms with Gasteiger partial charge in [-0.3, -0.25) is 52.7 Å². The minimum absolute atomic E-state index is 0.912. The van der Waals surface area contributed by atoms with Gasteiger partial charge in [0.25, 0.3) is 27.5 Å². The molecule has 0 saturated heterocycles. The molecule has 1 heterocycles. The number of Topliss-reactive ketones (excluding diaryl/α,β-unsaturated/α-hetero) is 3. The van der Waals surface area contributed by atoms with E-state index in [1.165, 1.54) is 0 Å². The van der Waals surface area contributed by atoms with Crippen molar-refractivity contribution in [2.45, 2.75) is 6.10 Å². The molecule has 14 heteroatoms. The van der Waals surface area contributed by atoms with Crippen molar-refractivity contribution in [3.63, 3.8) is 0 Å². The van der Waals surface area contributed by atoms with Gasteiger partial charge in [0, 0.05) is 0 Å². The zero-order valence-corrected chi connectivity index (χ0v) is 15.9. The number of carbonyl (C=O) groups excluding carboxylic acids is 3. The van der Waals surface area contributed by atoms with Gasteiger partial charge in [0.05, 0.1) is 22.3 Å². The van der Waals surface area contributed by atoms with E-state index in [1.54, 1.807) is 0 Å². The minimum atomic E-state index is -2.47. The molecule has 14 nitrogen and oxygen atoms in total. The van der Waals surface area contributed by atoms with Gasteiger partial charge in [-0.25, -0.2) is 9.97 Å². The van der Waals surface area contributed by atoms with Crippen LogP contribution < -0.4 is 43.4 Å². The molecule has 0 radical (unpaired) electrons. The summed E-state index contributed by atoms with van der Waals surface area (Å²) in [7, 11) is 0. The average Bonchev–Trinajstić information content (AvgIpc) is 2.82. The quantitative estimate of drug-likeness (QED) is 0.308.